The molecule has 4 nitrogen and oxygen atoms in total. The maximum Gasteiger partial charge on any atom is 0.251 e. The van der Waals surface area contributed by atoms with E-state index in [1.807, 2.05) is 54.6 Å². The number of pyridine rings is 1. The Morgan fingerprint density at radius 3 is 2.48 bits per heavy atom. The third kappa shape index (κ3) is 2.88. The lowest BCUT2D eigenvalue weighted by Crippen LogP contribution is -2.24. The Hall–Kier alpha value is -2.88. The van der Waals surface area contributed by atoms with Crippen LogP contribution in [0.25, 0.3) is 10.9 Å². The highest BCUT2D eigenvalue weighted by Crippen LogP contribution is 2.28. The number of hydrogen-bond acceptors (Lipinski definition) is 2. The number of fused-ring (bicyclic) bond motifs is 1. The summed E-state index contributed by atoms with van der Waals surface area (Å²) in [7, 11) is 1.77. The number of H-pyrrole nitrogens is 1. The van der Waals surface area contributed by atoms with Crippen LogP contribution in [0.1, 0.15) is 22.7 Å². The molecule has 4 heteroatoms. The lowest BCUT2D eigenvalue weighted by Gasteiger charge is -2.26. The zero-order valence-corrected chi connectivity index (χ0v) is 13.1. The molecule has 0 radical (unpaired) electrons. The van der Waals surface area contributed by atoms with Crippen LogP contribution < -0.4 is 5.56 Å². The van der Waals surface area contributed by atoms with Gasteiger partial charge in [0.25, 0.3) is 5.56 Å². The summed E-state index contributed by atoms with van der Waals surface area (Å²) < 4.78 is 0. The van der Waals surface area contributed by atoms with Crippen LogP contribution in [0, 0.1) is 6.92 Å². The molecule has 0 fully saturated rings. The van der Waals surface area contributed by atoms with Crippen molar-refractivity contribution in [1.29, 1.82) is 0 Å². The minimum Gasteiger partial charge on any atom is -0.337 e. The standard InChI is InChI=1S/C19H18N2O2/c1-13-10-16-11-15(8-9-17(16)20-19(13)23)18(21(2)12-22)14-6-4-3-5-7-14/h3-12,18H,1-2H3,(H,20,23). The van der Waals surface area contributed by atoms with Crippen LogP contribution in [0.5, 0.6) is 0 Å². The smallest absolute Gasteiger partial charge is 0.251 e. The highest BCUT2D eigenvalue weighted by atomic mass is 16.1. The average molecular weight is 306 g/mol. The lowest BCUT2D eigenvalue weighted by atomic mass is 9.96. The summed E-state index contributed by atoms with van der Waals surface area (Å²) >= 11 is 0. The van der Waals surface area contributed by atoms with Crippen LogP contribution in [0.2, 0.25) is 0 Å². The molecule has 1 atom stereocenters. The number of aromatic amines is 1. The van der Waals surface area contributed by atoms with E-state index in [0.717, 1.165) is 28.4 Å². The highest BCUT2D eigenvalue weighted by Gasteiger charge is 2.18. The fraction of sp³-hybridized carbons (Fsp3) is 0.158. The molecular weight excluding hydrogens is 288 g/mol. The number of amides is 1. The summed E-state index contributed by atoms with van der Waals surface area (Å²) in [6.07, 6.45) is 0.833. The summed E-state index contributed by atoms with van der Waals surface area (Å²) in [5.74, 6) is 0. The maximum atomic E-state index is 11.7. The second-order valence-electron chi connectivity index (χ2n) is 5.71. The molecular formula is C19H18N2O2. The van der Waals surface area contributed by atoms with Gasteiger partial charge in [0, 0.05) is 18.1 Å². The van der Waals surface area contributed by atoms with Gasteiger partial charge in [-0.2, -0.15) is 0 Å². The molecule has 3 aromatic rings. The predicted molar refractivity (Wildman–Crippen MR) is 91.4 cm³/mol. The zero-order chi connectivity index (χ0) is 16.4. The molecule has 2 aromatic carbocycles. The molecule has 1 N–H and O–H groups in total. The number of nitrogens with one attached hydrogen (secondary N) is 1. The topological polar surface area (TPSA) is 53.2 Å². The molecule has 0 aliphatic rings. The summed E-state index contributed by atoms with van der Waals surface area (Å²) in [5.41, 5.74) is 3.45. The van der Waals surface area contributed by atoms with Crippen LogP contribution in [0.3, 0.4) is 0 Å². The van der Waals surface area contributed by atoms with Crippen molar-refractivity contribution in [2.45, 2.75) is 13.0 Å². The van der Waals surface area contributed by atoms with Crippen LogP contribution in [-0.4, -0.2) is 23.3 Å². The molecule has 1 heterocycles. The van der Waals surface area contributed by atoms with E-state index in [1.165, 1.54) is 0 Å². The molecule has 3 rings (SSSR count). The molecule has 1 amide bonds. The highest BCUT2D eigenvalue weighted by molar-refractivity contribution is 5.80. The number of carbonyl (C=O) groups is 1. The van der Waals surface area contributed by atoms with E-state index in [1.54, 1.807) is 18.9 Å². The first kappa shape index (κ1) is 15.0. The van der Waals surface area contributed by atoms with E-state index in [0.29, 0.717) is 5.56 Å². The van der Waals surface area contributed by atoms with E-state index < -0.39 is 0 Å². The number of aromatic nitrogens is 1. The van der Waals surface area contributed by atoms with Crippen molar-refractivity contribution in [3.8, 4) is 0 Å². The van der Waals surface area contributed by atoms with Gasteiger partial charge in [-0.1, -0.05) is 36.4 Å². The Bertz CT molecular complexity index is 900. The molecule has 0 aliphatic heterocycles. The van der Waals surface area contributed by atoms with Gasteiger partial charge in [-0.05, 0) is 41.6 Å². The van der Waals surface area contributed by atoms with Crippen molar-refractivity contribution in [2.75, 3.05) is 7.05 Å². The molecule has 1 aromatic heterocycles. The Kier molecular flexibility index (Phi) is 3.98. The van der Waals surface area contributed by atoms with Gasteiger partial charge in [-0.15, -0.1) is 0 Å². The molecule has 0 saturated carbocycles. The molecule has 0 saturated heterocycles. The minimum absolute atomic E-state index is 0.0742. The first-order valence-corrected chi connectivity index (χ1v) is 7.46. The first-order valence-electron chi connectivity index (χ1n) is 7.46. The van der Waals surface area contributed by atoms with Crippen LogP contribution in [0.4, 0.5) is 0 Å². The van der Waals surface area contributed by atoms with E-state index in [2.05, 4.69) is 4.98 Å². The van der Waals surface area contributed by atoms with Crippen molar-refractivity contribution in [1.82, 2.24) is 9.88 Å². The van der Waals surface area contributed by atoms with Crippen molar-refractivity contribution < 1.29 is 4.79 Å². The number of hydrogen-bond donors (Lipinski definition) is 1. The second kappa shape index (κ2) is 6.08. The van der Waals surface area contributed by atoms with Gasteiger partial charge >= 0.3 is 0 Å². The largest absolute Gasteiger partial charge is 0.337 e. The van der Waals surface area contributed by atoms with Gasteiger partial charge in [-0.25, -0.2) is 0 Å². The number of rotatable bonds is 4. The predicted octanol–water partition coefficient (Wildman–Crippen LogP) is 3.01. The van der Waals surface area contributed by atoms with E-state index in [-0.39, 0.29) is 11.6 Å². The zero-order valence-electron chi connectivity index (χ0n) is 13.1. The fourth-order valence-corrected chi connectivity index (χ4v) is 2.86. The SMILES string of the molecule is Cc1cc2cc(C(c3ccccc3)N(C)C=O)ccc2[nH]c1=O. The lowest BCUT2D eigenvalue weighted by molar-refractivity contribution is -0.118. The van der Waals surface area contributed by atoms with Gasteiger partial charge in [0.15, 0.2) is 0 Å². The minimum atomic E-state index is -0.162. The summed E-state index contributed by atoms with van der Waals surface area (Å²) in [5, 5.41) is 0.958. The molecule has 116 valence electrons. The molecule has 0 spiro atoms. The van der Waals surface area contributed by atoms with E-state index in [4.69, 9.17) is 0 Å². The second-order valence-corrected chi connectivity index (χ2v) is 5.71. The Morgan fingerprint density at radius 1 is 1.04 bits per heavy atom. The quantitative estimate of drug-likeness (QED) is 0.753. The monoisotopic (exact) mass is 306 g/mol. The molecule has 0 aliphatic carbocycles. The van der Waals surface area contributed by atoms with Crippen LogP contribution in [-0.2, 0) is 4.79 Å². The normalized spacial score (nSPS) is 12.1. The summed E-state index contributed by atoms with van der Waals surface area (Å²) in [6.45, 7) is 1.79. The number of aryl methyl sites for hydroxylation is 1. The van der Waals surface area contributed by atoms with Gasteiger partial charge in [0.2, 0.25) is 6.41 Å². The number of carbonyl (C=O) groups excluding carboxylic acids is 1. The Morgan fingerprint density at radius 2 is 1.78 bits per heavy atom. The van der Waals surface area contributed by atoms with Gasteiger partial charge in [0.1, 0.15) is 0 Å². The third-order valence-corrected chi connectivity index (χ3v) is 4.06. The van der Waals surface area contributed by atoms with Gasteiger partial charge in [0.05, 0.1) is 6.04 Å². The summed E-state index contributed by atoms with van der Waals surface area (Å²) in [4.78, 5) is 27.6. The Balaban J connectivity index is 2.16. The van der Waals surface area contributed by atoms with Gasteiger partial charge < -0.3 is 9.88 Å². The van der Waals surface area contributed by atoms with E-state index >= 15 is 0 Å². The average Bonchev–Trinajstić information content (AvgIpc) is 2.57. The number of benzene rings is 2. The van der Waals surface area contributed by atoms with Gasteiger partial charge in [-0.3, -0.25) is 9.59 Å². The maximum absolute atomic E-state index is 11.7. The Labute approximate surface area is 134 Å². The van der Waals surface area contributed by atoms with Crippen molar-refractivity contribution in [3.05, 3.63) is 81.6 Å². The van der Waals surface area contributed by atoms with Crippen LogP contribution in [0.15, 0.2) is 59.4 Å². The summed E-state index contributed by atoms with van der Waals surface area (Å²) in [6, 6.07) is 17.5. The molecule has 23 heavy (non-hydrogen) atoms. The number of nitrogens with zero attached hydrogens (tertiary/aromatic N) is 1. The third-order valence-electron chi connectivity index (χ3n) is 4.06. The molecule has 1 unspecified atom stereocenters. The fourth-order valence-electron chi connectivity index (χ4n) is 2.86. The van der Waals surface area contributed by atoms with E-state index in [9.17, 15) is 9.59 Å². The van der Waals surface area contributed by atoms with Crippen molar-refractivity contribution in [3.63, 3.8) is 0 Å². The van der Waals surface area contributed by atoms with Crippen molar-refractivity contribution >= 4 is 17.3 Å². The van der Waals surface area contributed by atoms with Crippen LogP contribution >= 0.6 is 0 Å². The molecule has 0 bridgehead atoms. The van der Waals surface area contributed by atoms with Crippen molar-refractivity contribution in [2.24, 2.45) is 0 Å². The first-order chi connectivity index (χ1) is 11.1.